The van der Waals surface area contributed by atoms with E-state index in [2.05, 4.69) is 45.7 Å². The van der Waals surface area contributed by atoms with Crippen LogP contribution in [0.4, 0.5) is 0 Å². The van der Waals surface area contributed by atoms with E-state index in [0.29, 0.717) is 115 Å². The van der Waals surface area contributed by atoms with Crippen LogP contribution in [0.2, 0.25) is 0 Å². The van der Waals surface area contributed by atoms with Crippen LogP contribution in [0, 0.1) is 44.4 Å². The Morgan fingerprint density at radius 2 is 1.31 bits per heavy atom. The first-order chi connectivity index (χ1) is 43.5. The lowest BCUT2D eigenvalue weighted by Crippen LogP contribution is -2.58. The number of rotatable bonds is 34. The molecule has 4 atom stereocenters. The number of methoxy groups -OCH3 is 1. The largest absolute Gasteiger partial charge is 0.490 e. The molecule has 2 aliphatic rings. The summed E-state index contributed by atoms with van der Waals surface area (Å²) in [7, 11) is 1.37. The maximum atomic E-state index is 14.0. The maximum Gasteiger partial charge on any atom is 0.308 e. The molecule has 2 N–H and O–H groups in total. The molecule has 1 fully saturated rings. The van der Waals surface area contributed by atoms with E-state index in [1.807, 2.05) is 112 Å². The Kier molecular flexibility index (Phi) is 25.7. The van der Waals surface area contributed by atoms with E-state index >= 15 is 0 Å². The summed E-state index contributed by atoms with van der Waals surface area (Å²) in [6, 6.07) is 21.5. The first-order valence-corrected chi connectivity index (χ1v) is 32.1. The number of esters is 1. The number of ether oxygens (including phenoxy) is 9. The number of nitrogens with zero attached hydrogens (tertiary/aromatic N) is 7. The van der Waals surface area contributed by atoms with Gasteiger partial charge in [-0.25, -0.2) is 4.98 Å². The van der Waals surface area contributed by atoms with Gasteiger partial charge in [0.2, 0.25) is 17.7 Å². The molecule has 0 spiro atoms. The summed E-state index contributed by atoms with van der Waals surface area (Å²) in [4.78, 5) is 66.5. The molecule has 1 saturated heterocycles. The summed E-state index contributed by atoms with van der Waals surface area (Å²) in [5.41, 5.74) is 10.1. The van der Waals surface area contributed by atoms with E-state index in [9.17, 15) is 24.4 Å². The minimum atomic E-state index is -0.860. The van der Waals surface area contributed by atoms with Gasteiger partial charge in [-0.15, -0.1) is 32.9 Å². The normalized spacial score (nSPS) is 15.3. The number of nitriles is 1. The number of likely N-dealkylation sites (tertiary alicyclic amines) is 1. The van der Waals surface area contributed by atoms with Crippen LogP contribution in [0.5, 0.6) is 5.75 Å². The second-order valence-electron chi connectivity index (χ2n) is 22.8. The van der Waals surface area contributed by atoms with Crippen LogP contribution in [0.1, 0.15) is 109 Å². The van der Waals surface area contributed by atoms with Crippen molar-refractivity contribution in [3.8, 4) is 38.4 Å². The molecule has 22 nitrogen and oxygen atoms in total. The third-order valence-electron chi connectivity index (χ3n) is 15.4. The highest BCUT2D eigenvalue weighted by Gasteiger charge is 2.42. The number of aromatic nitrogens is 4. The third kappa shape index (κ3) is 18.4. The molecule has 482 valence electrons. The summed E-state index contributed by atoms with van der Waals surface area (Å²) in [5.74, 6) is 0.446. The van der Waals surface area contributed by atoms with Crippen molar-refractivity contribution in [2.75, 3.05) is 113 Å². The fraction of sp³-hybridized carbons (Fsp3) is 0.500. The zero-order chi connectivity index (χ0) is 64.2. The van der Waals surface area contributed by atoms with Gasteiger partial charge in [-0.2, -0.15) is 5.26 Å². The minimum absolute atomic E-state index is 0.0216. The van der Waals surface area contributed by atoms with Gasteiger partial charge in [-0.05, 0) is 92.8 Å². The molecule has 0 radical (unpaired) electrons. The number of thiophene rings is 1. The third-order valence-corrected chi connectivity index (χ3v) is 17.6. The van der Waals surface area contributed by atoms with Crippen molar-refractivity contribution in [1.82, 2.24) is 35.3 Å². The number of fused-ring (bicyclic) bond motifs is 3. The van der Waals surface area contributed by atoms with Crippen molar-refractivity contribution >= 4 is 52.1 Å². The lowest BCUT2D eigenvalue weighted by Gasteiger charge is -2.35. The Labute approximate surface area is 534 Å². The lowest BCUT2D eigenvalue weighted by molar-refractivity contribution is -0.144. The Morgan fingerprint density at radius 1 is 0.733 bits per heavy atom. The fourth-order valence-corrected chi connectivity index (χ4v) is 12.4. The van der Waals surface area contributed by atoms with Crippen molar-refractivity contribution < 1.29 is 61.8 Å². The Morgan fingerprint density at radius 3 is 1.89 bits per heavy atom. The molecule has 3 aromatic carbocycles. The van der Waals surface area contributed by atoms with Crippen LogP contribution in [0.3, 0.4) is 0 Å². The second kappa shape index (κ2) is 33.7. The Bertz CT molecular complexity index is 3420. The molecule has 0 aliphatic carbocycles. The SMILES string of the molecule is COC(=O)C[C@@H]1N=C(c2ccc(-c3ccc(OCCOCCOCCOCCOCCOCCOCCOCC(=O)NC(C(=O)N4CCC[C@H]4C(=O)N[C@@H](C)c4ccc(-c5scnc5C)cc4)C(C)(C)C)c(C#N)c3)cc2)c2c(sc(C)c2C)-n2c(C)nnc21. The van der Waals surface area contributed by atoms with Crippen LogP contribution < -0.4 is 15.4 Å². The van der Waals surface area contributed by atoms with Crippen LogP contribution >= 0.6 is 22.7 Å². The average Bonchev–Trinajstić information content (AvgIpc) is 1.63. The number of benzene rings is 3. The summed E-state index contributed by atoms with van der Waals surface area (Å²) in [6.45, 7) is 20.7. The highest BCUT2D eigenvalue weighted by molar-refractivity contribution is 7.15. The summed E-state index contributed by atoms with van der Waals surface area (Å²) < 4.78 is 52.2. The average molecular weight is 1270 g/mol. The van der Waals surface area contributed by atoms with Gasteiger partial charge in [-0.3, -0.25) is 28.7 Å². The topological polar surface area (TPSA) is 258 Å². The molecule has 6 aromatic rings. The van der Waals surface area contributed by atoms with Crippen molar-refractivity contribution in [3.05, 3.63) is 122 Å². The number of carbonyl (C=O) groups excluding carboxylic acids is 4. The van der Waals surface area contributed by atoms with Crippen molar-refractivity contribution in [2.24, 2.45) is 10.4 Å². The van der Waals surface area contributed by atoms with E-state index < -0.39 is 29.4 Å². The van der Waals surface area contributed by atoms with Gasteiger partial charge in [-0.1, -0.05) is 75.4 Å². The zero-order valence-corrected chi connectivity index (χ0v) is 54.6. The Balaban J connectivity index is 0.616. The number of aliphatic imine (C=N–C) groups is 1. The molecule has 1 unspecified atom stereocenters. The van der Waals surface area contributed by atoms with Crippen LogP contribution in [-0.2, 0) is 57.1 Å². The number of carbonyl (C=O) groups is 4. The lowest BCUT2D eigenvalue weighted by atomic mass is 9.85. The summed E-state index contributed by atoms with van der Waals surface area (Å²) in [5, 5.41) is 25.8. The number of amides is 3. The smallest absolute Gasteiger partial charge is 0.308 e. The number of aryl methyl sites for hydroxylation is 3. The Hall–Kier alpha value is -7.31. The molecule has 3 amide bonds. The van der Waals surface area contributed by atoms with E-state index in [0.717, 1.165) is 65.1 Å². The van der Waals surface area contributed by atoms with Gasteiger partial charge in [0, 0.05) is 22.5 Å². The molecule has 90 heavy (non-hydrogen) atoms. The van der Waals surface area contributed by atoms with Crippen LogP contribution in [0.25, 0.3) is 26.6 Å². The van der Waals surface area contributed by atoms with E-state index in [4.69, 9.17) is 47.6 Å². The number of hydrogen-bond donors (Lipinski definition) is 2. The molecule has 8 rings (SSSR count). The molecule has 2 aliphatic heterocycles. The van der Waals surface area contributed by atoms with Crippen LogP contribution in [-0.4, -0.2) is 179 Å². The molecule has 3 aromatic heterocycles. The first kappa shape index (κ1) is 68.6. The number of nitrogens with one attached hydrogen (secondary N) is 2. The van der Waals surface area contributed by atoms with Gasteiger partial charge in [0.05, 0.1) is 133 Å². The molecule has 5 heterocycles. The fourth-order valence-electron chi connectivity index (χ4n) is 10.4. The van der Waals surface area contributed by atoms with Gasteiger partial charge in [0.25, 0.3) is 0 Å². The van der Waals surface area contributed by atoms with Crippen molar-refractivity contribution in [1.29, 1.82) is 5.26 Å². The van der Waals surface area contributed by atoms with Gasteiger partial charge in [0.1, 0.15) is 54.0 Å². The quantitative estimate of drug-likeness (QED) is 0.0283. The summed E-state index contributed by atoms with van der Waals surface area (Å²) >= 11 is 3.24. The van der Waals surface area contributed by atoms with Gasteiger partial charge >= 0.3 is 5.97 Å². The maximum absolute atomic E-state index is 14.0. The molecule has 0 bridgehead atoms. The van der Waals surface area contributed by atoms with Gasteiger partial charge in [0.15, 0.2) is 5.82 Å². The molecular formula is C66H83N9O13S2. The minimum Gasteiger partial charge on any atom is -0.490 e. The monoisotopic (exact) mass is 1270 g/mol. The van der Waals surface area contributed by atoms with Crippen molar-refractivity contribution in [3.63, 3.8) is 0 Å². The zero-order valence-electron chi connectivity index (χ0n) is 52.9. The van der Waals surface area contributed by atoms with E-state index in [1.54, 1.807) is 33.6 Å². The predicted octanol–water partition coefficient (Wildman–Crippen LogP) is 8.57. The molecule has 24 heteroatoms. The van der Waals surface area contributed by atoms with Crippen molar-refractivity contribution in [2.45, 2.75) is 98.8 Å². The highest BCUT2D eigenvalue weighted by Crippen LogP contribution is 2.40. The number of hydrogen-bond acceptors (Lipinski definition) is 20. The number of thiazole rings is 1. The first-order valence-electron chi connectivity index (χ1n) is 30.4. The highest BCUT2D eigenvalue weighted by atomic mass is 32.1. The second-order valence-corrected chi connectivity index (χ2v) is 24.9. The molecular weight excluding hydrogens is 1190 g/mol. The summed E-state index contributed by atoms with van der Waals surface area (Å²) in [6.07, 6.45) is 1.25. The van der Waals surface area contributed by atoms with E-state index in [-0.39, 0.29) is 56.7 Å². The molecule has 0 saturated carbocycles. The van der Waals surface area contributed by atoms with Crippen LogP contribution in [0.15, 0.2) is 77.2 Å². The van der Waals surface area contributed by atoms with Gasteiger partial charge < -0.3 is 58.2 Å². The van der Waals surface area contributed by atoms with E-state index in [1.165, 1.54) is 7.11 Å². The predicted molar refractivity (Wildman–Crippen MR) is 341 cm³/mol. The standard InChI is InChI=1S/C66H83N9O13S2/c1-42-45(4)90-65-58(42)59(70-53(38-57(77)80-9)62-73-72-46(5)75(62)65)49-16-14-48(15-17-49)51-20-21-55(52(37-51)39-67)88-36-35-86-32-31-84-28-27-82-24-23-81-25-26-83-29-30-85-33-34-87-40-56(76)71-61(66(6,7)8)64(79)74-22-10-11-54(74)63(78)69-43(2)47-12-18-50(19-13-47)60-44(3)68-41-89-60/h12-21,37,41,43,53-54,61H,10-11,22-36,38,40H2,1-9H3,(H,69,78)(H,71,76)/t43-,53-,54-,61?/m0/s1.